The molecule has 0 aromatic heterocycles. The van der Waals surface area contributed by atoms with E-state index in [2.05, 4.69) is 15.9 Å². The Hall–Kier alpha value is -1.88. The lowest BCUT2D eigenvalue weighted by Gasteiger charge is -2.13. The summed E-state index contributed by atoms with van der Waals surface area (Å²) in [5.41, 5.74) is 1.44. The smallest absolute Gasteiger partial charge is 0.150 e. The van der Waals surface area contributed by atoms with E-state index in [4.69, 9.17) is 9.47 Å². The van der Waals surface area contributed by atoms with Crippen molar-refractivity contribution in [2.45, 2.75) is 12.5 Å². The van der Waals surface area contributed by atoms with Gasteiger partial charge in [-0.15, -0.1) is 0 Å². The van der Waals surface area contributed by atoms with E-state index in [1.807, 2.05) is 0 Å². The van der Waals surface area contributed by atoms with Gasteiger partial charge >= 0.3 is 0 Å². The van der Waals surface area contributed by atoms with E-state index in [1.54, 1.807) is 24.3 Å². The van der Waals surface area contributed by atoms with Gasteiger partial charge < -0.3 is 9.47 Å². The van der Waals surface area contributed by atoms with Crippen molar-refractivity contribution in [1.29, 1.82) is 0 Å². The summed E-state index contributed by atoms with van der Waals surface area (Å²) in [6, 6.07) is 9.63. The summed E-state index contributed by atoms with van der Waals surface area (Å²) >= 11 is 3.36. The lowest BCUT2D eigenvalue weighted by molar-refractivity contribution is 0.112. The highest BCUT2D eigenvalue weighted by Crippen LogP contribution is 2.31. The molecule has 5 heteroatoms. The predicted octanol–water partition coefficient (Wildman–Crippen LogP) is 3.78. The summed E-state index contributed by atoms with van der Waals surface area (Å²) < 4.78 is 25.3. The molecule has 3 nitrogen and oxygen atoms in total. The number of ether oxygens (including phenoxy) is 2. The Morgan fingerprint density at radius 2 is 2.19 bits per heavy atom. The molecule has 21 heavy (non-hydrogen) atoms. The van der Waals surface area contributed by atoms with Crippen molar-refractivity contribution in [3.63, 3.8) is 0 Å². The summed E-state index contributed by atoms with van der Waals surface area (Å²) in [5.74, 6) is 1.10. The highest BCUT2D eigenvalue weighted by atomic mass is 79.9. The minimum atomic E-state index is -0.258. The molecular weight excluding hydrogens is 339 g/mol. The van der Waals surface area contributed by atoms with Crippen LogP contribution in [0.5, 0.6) is 11.5 Å². The number of benzene rings is 2. The normalized spacial score (nSPS) is 16.2. The zero-order valence-corrected chi connectivity index (χ0v) is 12.6. The monoisotopic (exact) mass is 350 g/mol. The topological polar surface area (TPSA) is 35.5 Å². The van der Waals surface area contributed by atoms with Crippen LogP contribution in [0.2, 0.25) is 0 Å². The number of hydrogen-bond acceptors (Lipinski definition) is 3. The summed E-state index contributed by atoms with van der Waals surface area (Å²) in [5, 5.41) is 0. The second-order valence-corrected chi connectivity index (χ2v) is 5.67. The third-order valence-corrected chi connectivity index (χ3v) is 3.90. The molecule has 108 valence electrons. The molecule has 1 heterocycles. The molecule has 0 spiro atoms. The third-order valence-electron chi connectivity index (χ3n) is 3.28. The standard InChI is InChI=1S/C16H12BrFO3/c17-14-5-10(8-19)1-3-16(14)20-9-13-7-11-6-12(18)2-4-15(11)21-13/h1-6,8,13H,7,9H2. The molecule has 1 aliphatic heterocycles. The molecule has 1 aliphatic rings. The van der Waals surface area contributed by atoms with E-state index in [-0.39, 0.29) is 11.9 Å². The van der Waals surface area contributed by atoms with Crippen molar-refractivity contribution in [1.82, 2.24) is 0 Å². The van der Waals surface area contributed by atoms with E-state index < -0.39 is 0 Å². The Bertz CT molecular complexity index is 687. The van der Waals surface area contributed by atoms with E-state index in [9.17, 15) is 9.18 Å². The van der Waals surface area contributed by atoms with Gasteiger partial charge in [0.25, 0.3) is 0 Å². The van der Waals surface area contributed by atoms with Crippen LogP contribution in [0, 0.1) is 5.82 Å². The summed E-state index contributed by atoms with van der Waals surface area (Å²) in [6.07, 6.45) is 1.26. The first-order valence-corrected chi connectivity index (χ1v) is 7.27. The molecule has 0 N–H and O–H groups in total. The van der Waals surface area contributed by atoms with Gasteiger partial charge in [-0.25, -0.2) is 4.39 Å². The van der Waals surface area contributed by atoms with E-state index in [1.165, 1.54) is 12.1 Å². The van der Waals surface area contributed by atoms with Crippen LogP contribution in [0.3, 0.4) is 0 Å². The number of rotatable bonds is 4. The Kier molecular flexibility index (Phi) is 3.92. The van der Waals surface area contributed by atoms with Gasteiger partial charge in [-0.3, -0.25) is 4.79 Å². The molecule has 0 saturated carbocycles. The van der Waals surface area contributed by atoms with Crippen molar-refractivity contribution in [2.24, 2.45) is 0 Å². The molecule has 0 fully saturated rings. The van der Waals surface area contributed by atoms with E-state index in [0.29, 0.717) is 34.6 Å². The number of halogens is 2. The molecule has 0 aliphatic carbocycles. The van der Waals surface area contributed by atoms with Crippen molar-refractivity contribution in [3.8, 4) is 11.5 Å². The Balaban J connectivity index is 1.63. The number of fused-ring (bicyclic) bond motifs is 1. The SMILES string of the molecule is O=Cc1ccc(OCC2Cc3cc(F)ccc3O2)c(Br)c1. The van der Waals surface area contributed by atoms with Crippen LogP contribution in [-0.2, 0) is 6.42 Å². The Morgan fingerprint density at radius 1 is 1.33 bits per heavy atom. The van der Waals surface area contributed by atoms with Gasteiger partial charge in [0.2, 0.25) is 0 Å². The molecule has 2 aromatic carbocycles. The molecule has 0 radical (unpaired) electrons. The first kappa shape index (κ1) is 14.1. The first-order chi connectivity index (χ1) is 10.2. The second kappa shape index (κ2) is 5.85. The maximum absolute atomic E-state index is 13.1. The predicted molar refractivity (Wildman–Crippen MR) is 79.5 cm³/mol. The molecule has 1 unspecified atom stereocenters. The van der Waals surface area contributed by atoms with Crippen LogP contribution in [0.1, 0.15) is 15.9 Å². The number of hydrogen-bond donors (Lipinski definition) is 0. The van der Waals surface area contributed by atoms with Crippen LogP contribution < -0.4 is 9.47 Å². The maximum Gasteiger partial charge on any atom is 0.150 e. The molecule has 0 saturated heterocycles. The minimum absolute atomic E-state index is 0.139. The van der Waals surface area contributed by atoms with E-state index >= 15 is 0 Å². The van der Waals surface area contributed by atoms with Gasteiger partial charge in [-0.05, 0) is 52.3 Å². The molecule has 2 aromatic rings. The summed E-state index contributed by atoms with van der Waals surface area (Å²) in [6.45, 7) is 0.356. The number of aldehydes is 1. The summed E-state index contributed by atoms with van der Waals surface area (Å²) in [7, 11) is 0. The van der Waals surface area contributed by atoms with E-state index in [0.717, 1.165) is 11.8 Å². The van der Waals surface area contributed by atoms with Gasteiger partial charge in [-0.1, -0.05) is 0 Å². The van der Waals surface area contributed by atoms with Gasteiger partial charge in [0.1, 0.15) is 36.3 Å². The molecule has 1 atom stereocenters. The first-order valence-electron chi connectivity index (χ1n) is 6.48. The number of carbonyl (C=O) groups is 1. The van der Waals surface area contributed by atoms with Gasteiger partial charge in [-0.2, -0.15) is 0 Å². The quantitative estimate of drug-likeness (QED) is 0.787. The van der Waals surface area contributed by atoms with Crippen LogP contribution in [-0.4, -0.2) is 19.0 Å². The highest BCUT2D eigenvalue weighted by Gasteiger charge is 2.24. The van der Waals surface area contributed by atoms with Crippen molar-refractivity contribution < 1.29 is 18.7 Å². The zero-order chi connectivity index (χ0) is 14.8. The van der Waals surface area contributed by atoms with Crippen molar-refractivity contribution in [2.75, 3.05) is 6.61 Å². The third kappa shape index (κ3) is 3.08. The second-order valence-electron chi connectivity index (χ2n) is 4.81. The maximum atomic E-state index is 13.1. The molecule has 3 rings (SSSR count). The fraction of sp³-hybridized carbons (Fsp3) is 0.188. The fourth-order valence-corrected chi connectivity index (χ4v) is 2.78. The molecular formula is C16H12BrFO3. The molecule has 0 amide bonds. The Labute approximate surface area is 129 Å². The summed E-state index contributed by atoms with van der Waals surface area (Å²) in [4.78, 5) is 10.7. The average Bonchev–Trinajstić information content (AvgIpc) is 2.87. The highest BCUT2D eigenvalue weighted by molar-refractivity contribution is 9.10. The largest absolute Gasteiger partial charge is 0.489 e. The van der Waals surface area contributed by atoms with Crippen LogP contribution in [0.4, 0.5) is 4.39 Å². The van der Waals surface area contributed by atoms with Crippen LogP contribution in [0.25, 0.3) is 0 Å². The zero-order valence-electron chi connectivity index (χ0n) is 11.0. The van der Waals surface area contributed by atoms with Gasteiger partial charge in [0.15, 0.2) is 0 Å². The van der Waals surface area contributed by atoms with Crippen LogP contribution >= 0.6 is 15.9 Å². The Morgan fingerprint density at radius 3 is 2.95 bits per heavy atom. The minimum Gasteiger partial charge on any atom is -0.489 e. The fourth-order valence-electron chi connectivity index (χ4n) is 2.27. The van der Waals surface area contributed by atoms with Gasteiger partial charge in [0.05, 0.1) is 4.47 Å². The average molecular weight is 351 g/mol. The lowest BCUT2D eigenvalue weighted by Crippen LogP contribution is -2.22. The van der Waals surface area contributed by atoms with Crippen molar-refractivity contribution >= 4 is 22.2 Å². The van der Waals surface area contributed by atoms with Crippen molar-refractivity contribution in [3.05, 3.63) is 57.8 Å². The van der Waals surface area contributed by atoms with Gasteiger partial charge in [0, 0.05) is 17.5 Å². The lowest BCUT2D eigenvalue weighted by atomic mass is 10.1. The van der Waals surface area contributed by atoms with Crippen LogP contribution in [0.15, 0.2) is 40.9 Å². The molecule has 0 bridgehead atoms. The number of carbonyl (C=O) groups excluding carboxylic acids is 1.